The average Bonchev–Trinajstić information content (AvgIpc) is 3.54. The van der Waals surface area contributed by atoms with Crippen LogP contribution in [0.15, 0.2) is 69.8 Å². The van der Waals surface area contributed by atoms with Gasteiger partial charge in [-0.2, -0.15) is 4.57 Å². The maximum Gasteiger partial charge on any atom is 0.271 e. The van der Waals surface area contributed by atoms with Crippen LogP contribution in [0.2, 0.25) is 5.02 Å². The van der Waals surface area contributed by atoms with E-state index in [1.807, 2.05) is 91.6 Å². The minimum Gasteiger partial charge on any atom is -0.337 e. The van der Waals surface area contributed by atoms with Gasteiger partial charge in [0.05, 0.1) is 17.1 Å². The molecule has 0 radical (unpaired) electrons. The molecule has 2 aromatic carbocycles. The average molecular weight is 541 g/mol. The van der Waals surface area contributed by atoms with Gasteiger partial charge in [0.1, 0.15) is 14.2 Å². The summed E-state index contributed by atoms with van der Waals surface area (Å²) in [7, 11) is 1.98. The summed E-state index contributed by atoms with van der Waals surface area (Å²) in [6, 6.07) is 14.8. The lowest BCUT2D eigenvalue weighted by Crippen LogP contribution is -2.43. The van der Waals surface area contributed by atoms with Crippen molar-refractivity contribution in [3.63, 3.8) is 0 Å². The lowest BCUT2D eigenvalue weighted by atomic mass is 10.1. The highest BCUT2D eigenvalue weighted by Crippen LogP contribution is 2.46. The molecular formula is C26H23ClN3O2S3+. The second-order valence-corrected chi connectivity index (χ2v) is 11.5. The number of anilines is 1. The van der Waals surface area contributed by atoms with Gasteiger partial charge in [0, 0.05) is 36.0 Å². The van der Waals surface area contributed by atoms with Crippen LogP contribution < -0.4 is 24.2 Å². The molecule has 1 aliphatic rings. The number of thiazole rings is 2. The summed E-state index contributed by atoms with van der Waals surface area (Å²) in [5.74, 6) is 0.0550. The van der Waals surface area contributed by atoms with E-state index in [4.69, 9.17) is 11.6 Å². The van der Waals surface area contributed by atoms with E-state index >= 15 is 0 Å². The number of aromatic nitrogens is 2. The summed E-state index contributed by atoms with van der Waals surface area (Å²) in [5, 5.41) is 4.48. The smallest absolute Gasteiger partial charge is 0.271 e. The summed E-state index contributed by atoms with van der Waals surface area (Å²) < 4.78 is 5.34. The van der Waals surface area contributed by atoms with Crippen molar-refractivity contribution in [1.82, 2.24) is 4.57 Å². The monoisotopic (exact) mass is 540 g/mol. The maximum atomic E-state index is 13.4. The zero-order chi connectivity index (χ0) is 24.7. The van der Waals surface area contributed by atoms with Gasteiger partial charge in [-0.25, -0.2) is 0 Å². The van der Waals surface area contributed by atoms with Gasteiger partial charge in [-0.1, -0.05) is 65.0 Å². The minimum absolute atomic E-state index is 0.00600. The molecule has 5 rings (SSSR count). The van der Waals surface area contributed by atoms with Gasteiger partial charge in [-0.15, -0.1) is 11.3 Å². The van der Waals surface area contributed by atoms with E-state index in [2.05, 4.69) is 4.90 Å². The van der Waals surface area contributed by atoms with E-state index in [1.54, 1.807) is 27.7 Å². The van der Waals surface area contributed by atoms with Crippen molar-refractivity contribution in [1.29, 1.82) is 0 Å². The Morgan fingerprint density at radius 3 is 2.71 bits per heavy atom. The molecule has 1 aliphatic heterocycles. The fourth-order valence-corrected chi connectivity index (χ4v) is 7.76. The third-order valence-corrected chi connectivity index (χ3v) is 9.51. The van der Waals surface area contributed by atoms with Crippen LogP contribution in [0.3, 0.4) is 0 Å². The molecule has 3 heterocycles. The first-order valence-corrected chi connectivity index (χ1v) is 14.0. The van der Waals surface area contributed by atoms with Crippen LogP contribution in [0.4, 0.5) is 5.69 Å². The molecule has 0 amide bonds. The molecule has 0 fully saturated rings. The molecule has 35 heavy (non-hydrogen) atoms. The number of ketones is 1. The van der Waals surface area contributed by atoms with Gasteiger partial charge in [0.15, 0.2) is 6.20 Å². The Morgan fingerprint density at radius 1 is 1.20 bits per heavy atom. The summed E-state index contributed by atoms with van der Waals surface area (Å²) in [4.78, 5) is 29.6. The fourth-order valence-electron chi connectivity index (χ4n) is 4.10. The molecule has 5 nitrogen and oxygen atoms in total. The quantitative estimate of drug-likeness (QED) is 0.276. The molecule has 0 N–H and O–H groups in total. The molecule has 0 aliphatic carbocycles. The first-order valence-electron chi connectivity index (χ1n) is 11.1. The standard InChI is InChI=1S/C26H23ClN3O2S3/c1-4-29-22(15-21-30(12-13-33-21)16(2)23(31)17-8-6-5-7-9-17)35-24(25(29)32)26-28(3)19-11-10-18(27)14-20(19)34-26/h5-16H,4H2,1-3H3/q+1/b26-24+. The van der Waals surface area contributed by atoms with E-state index < -0.39 is 0 Å². The largest absolute Gasteiger partial charge is 0.337 e. The zero-order valence-electron chi connectivity index (χ0n) is 19.4. The Balaban J connectivity index is 1.59. The third-order valence-electron chi connectivity index (χ3n) is 5.98. The number of rotatable bonds is 5. The van der Waals surface area contributed by atoms with E-state index in [1.165, 1.54) is 11.3 Å². The zero-order valence-corrected chi connectivity index (χ0v) is 22.6. The molecule has 0 bridgehead atoms. The number of carbonyl (C=O) groups is 1. The van der Waals surface area contributed by atoms with Crippen LogP contribution in [-0.4, -0.2) is 17.4 Å². The fraction of sp³-hybridized carbons (Fsp3) is 0.192. The Hall–Kier alpha value is -2.65. The first kappa shape index (κ1) is 24.1. The summed E-state index contributed by atoms with van der Waals surface area (Å²) in [5.41, 5.74) is 1.72. The predicted molar refractivity (Wildman–Crippen MR) is 146 cm³/mol. The van der Waals surface area contributed by atoms with Gasteiger partial charge < -0.3 is 4.90 Å². The van der Waals surface area contributed by atoms with Crippen molar-refractivity contribution in [3.05, 3.63) is 95.3 Å². The third kappa shape index (κ3) is 4.40. The Bertz CT molecular complexity index is 1600. The van der Waals surface area contributed by atoms with Crippen molar-refractivity contribution in [2.24, 2.45) is 0 Å². The molecule has 1 atom stereocenters. The number of Topliss-reactive ketones (excluding diaryl/α,β-unsaturated/α-hetero) is 1. The lowest BCUT2D eigenvalue weighted by molar-refractivity contribution is -0.701. The number of carbonyl (C=O) groups excluding carboxylic acids is 1. The van der Waals surface area contributed by atoms with E-state index in [0.717, 1.165) is 25.3 Å². The second kappa shape index (κ2) is 9.78. The molecule has 4 aromatic rings. The van der Waals surface area contributed by atoms with E-state index in [9.17, 15) is 9.59 Å². The van der Waals surface area contributed by atoms with Gasteiger partial charge in [-0.3, -0.25) is 14.2 Å². The van der Waals surface area contributed by atoms with Gasteiger partial charge in [0.2, 0.25) is 11.8 Å². The number of benzene rings is 2. The Kier molecular flexibility index (Phi) is 6.72. The van der Waals surface area contributed by atoms with Crippen molar-refractivity contribution < 1.29 is 9.36 Å². The highest BCUT2D eigenvalue weighted by atomic mass is 35.5. The van der Waals surface area contributed by atoms with Crippen molar-refractivity contribution in [3.8, 4) is 0 Å². The molecular weight excluding hydrogens is 518 g/mol. The van der Waals surface area contributed by atoms with Gasteiger partial charge >= 0.3 is 0 Å². The van der Waals surface area contributed by atoms with E-state index in [-0.39, 0.29) is 17.4 Å². The number of halogens is 1. The normalized spacial score (nSPS) is 16.0. The van der Waals surface area contributed by atoms with Crippen LogP contribution in [0.25, 0.3) is 11.1 Å². The molecule has 1 unspecified atom stereocenters. The van der Waals surface area contributed by atoms with Crippen molar-refractivity contribution >= 4 is 68.6 Å². The number of hydrogen-bond acceptors (Lipinski definition) is 6. The van der Waals surface area contributed by atoms with Gasteiger partial charge in [0.25, 0.3) is 10.6 Å². The minimum atomic E-state index is -0.360. The van der Waals surface area contributed by atoms with Crippen LogP contribution in [-0.2, 0) is 6.54 Å². The summed E-state index contributed by atoms with van der Waals surface area (Å²) in [6.45, 7) is 4.45. The molecule has 0 spiro atoms. The highest BCUT2D eigenvalue weighted by Gasteiger charge is 2.28. The number of nitrogens with zero attached hydrogens (tertiary/aromatic N) is 3. The van der Waals surface area contributed by atoms with Gasteiger partial charge in [-0.05, 0) is 25.1 Å². The Morgan fingerprint density at radius 2 is 1.97 bits per heavy atom. The molecule has 178 valence electrons. The highest BCUT2D eigenvalue weighted by molar-refractivity contribution is 8.08. The van der Waals surface area contributed by atoms with Crippen LogP contribution in [0.1, 0.15) is 35.3 Å². The number of thioether (sulfide) groups is 1. The lowest BCUT2D eigenvalue weighted by Gasteiger charge is -2.12. The van der Waals surface area contributed by atoms with Crippen molar-refractivity contribution in [2.75, 3.05) is 11.9 Å². The number of fused-ring (bicyclic) bond motifs is 1. The topological polar surface area (TPSA) is 46.2 Å². The molecule has 9 heteroatoms. The van der Waals surface area contributed by atoms with Crippen LogP contribution in [0.5, 0.6) is 0 Å². The summed E-state index contributed by atoms with van der Waals surface area (Å²) >= 11 is 10.8. The maximum absolute atomic E-state index is 13.4. The second-order valence-electron chi connectivity index (χ2n) is 8.10. The van der Waals surface area contributed by atoms with Crippen molar-refractivity contribution in [2.45, 2.75) is 31.3 Å². The molecule has 2 aromatic heterocycles. The van der Waals surface area contributed by atoms with Crippen LogP contribution >= 0.6 is 46.0 Å². The van der Waals surface area contributed by atoms with Crippen LogP contribution in [0, 0.1) is 0 Å². The predicted octanol–water partition coefficient (Wildman–Crippen LogP) is 4.51. The van der Waals surface area contributed by atoms with E-state index in [0.29, 0.717) is 21.7 Å². The Labute approximate surface area is 220 Å². The molecule has 0 saturated heterocycles. The first-order chi connectivity index (χ1) is 16.9. The summed E-state index contributed by atoms with van der Waals surface area (Å²) in [6.07, 6.45) is 3.95. The number of hydrogen-bond donors (Lipinski definition) is 0. The SMILES string of the molecule is CCn1c(=O)/c(=C2\Sc3cc(Cl)ccc3N2C)s/c1=C\c1scc[n+]1C(C)C(=O)c1ccccc1. The molecule has 0 saturated carbocycles.